The third-order valence-electron chi connectivity index (χ3n) is 2.71. The smallest absolute Gasteiger partial charge is 0.225 e. The molecule has 2 unspecified atom stereocenters. The normalized spacial score (nSPS) is 23.5. The zero-order valence-electron chi connectivity index (χ0n) is 9.37. The van der Waals surface area contributed by atoms with Crippen LogP contribution < -0.4 is 5.32 Å². The molecular formula is C11H21NO3. The van der Waals surface area contributed by atoms with Crippen LogP contribution in [0.15, 0.2) is 0 Å². The average Bonchev–Trinajstić information content (AvgIpc) is 2.27. The van der Waals surface area contributed by atoms with E-state index < -0.39 is 0 Å². The lowest BCUT2D eigenvalue weighted by molar-refractivity contribution is -0.129. The Morgan fingerprint density at radius 1 is 1.67 bits per heavy atom. The van der Waals surface area contributed by atoms with Crippen LogP contribution in [0.5, 0.6) is 0 Å². The van der Waals surface area contributed by atoms with Gasteiger partial charge in [0.05, 0.1) is 12.5 Å². The fourth-order valence-corrected chi connectivity index (χ4v) is 1.78. The lowest BCUT2D eigenvalue weighted by Gasteiger charge is -2.23. The Morgan fingerprint density at radius 3 is 3.07 bits per heavy atom. The summed E-state index contributed by atoms with van der Waals surface area (Å²) in [5.74, 6) is 0.121. The van der Waals surface area contributed by atoms with E-state index in [1.807, 2.05) is 6.92 Å². The Labute approximate surface area is 91.0 Å². The Hall–Kier alpha value is -0.610. The number of carbonyl (C=O) groups excluding carboxylic acids is 1. The zero-order valence-corrected chi connectivity index (χ0v) is 9.37. The molecule has 1 rings (SSSR count). The van der Waals surface area contributed by atoms with Crippen molar-refractivity contribution in [3.05, 3.63) is 0 Å². The van der Waals surface area contributed by atoms with E-state index in [0.717, 1.165) is 32.3 Å². The van der Waals surface area contributed by atoms with Crippen LogP contribution in [0.2, 0.25) is 0 Å². The predicted molar refractivity (Wildman–Crippen MR) is 57.5 cm³/mol. The summed E-state index contributed by atoms with van der Waals surface area (Å²) in [6.45, 7) is 3.49. The molecule has 1 fully saturated rings. The molecular weight excluding hydrogens is 194 g/mol. The zero-order chi connectivity index (χ0) is 11.1. The molecule has 0 aliphatic carbocycles. The van der Waals surface area contributed by atoms with Crippen molar-refractivity contribution in [3.63, 3.8) is 0 Å². The van der Waals surface area contributed by atoms with Crippen LogP contribution >= 0.6 is 0 Å². The maximum absolute atomic E-state index is 11.7. The summed E-state index contributed by atoms with van der Waals surface area (Å²) in [7, 11) is 0. The van der Waals surface area contributed by atoms with Gasteiger partial charge in [-0.15, -0.1) is 0 Å². The van der Waals surface area contributed by atoms with Crippen LogP contribution in [-0.4, -0.2) is 36.9 Å². The van der Waals surface area contributed by atoms with Gasteiger partial charge < -0.3 is 15.2 Å². The minimum absolute atomic E-state index is 0.0235. The van der Waals surface area contributed by atoms with E-state index in [9.17, 15) is 4.79 Å². The number of carbonyl (C=O) groups is 1. The second kappa shape index (κ2) is 6.80. The van der Waals surface area contributed by atoms with E-state index in [-0.39, 0.29) is 24.5 Å². The summed E-state index contributed by atoms with van der Waals surface area (Å²) in [4.78, 5) is 11.7. The van der Waals surface area contributed by atoms with Gasteiger partial charge >= 0.3 is 0 Å². The number of nitrogens with one attached hydrogen (secondary N) is 1. The Bertz CT molecular complexity index is 190. The first kappa shape index (κ1) is 12.5. The molecule has 15 heavy (non-hydrogen) atoms. The van der Waals surface area contributed by atoms with Crippen molar-refractivity contribution in [2.75, 3.05) is 19.8 Å². The molecule has 0 radical (unpaired) electrons. The minimum atomic E-state index is 0.0235. The molecule has 0 aromatic heterocycles. The quantitative estimate of drug-likeness (QED) is 0.709. The van der Waals surface area contributed by atoms with E-state index in [2.05, 4.69) is 5.32 Å². The van der Waals surface area contributed by atoms with Crippen LogP contribution in [-0.2, 0) is 9.53 Å². The molecule has 0 bridgehead atoms. The molecule has 88 valence electrons. The molecule has 4 heteroatoms. The van der Waals surface area contributed by atoms with Gasteiger partial charge in [-0.3, -0.25) is 4.79 Å². The van der Waals surface area contributed by atoms with Crippen molar-refractivity contribution in [1.29, 1.82) is 0 Å². The number of aliphatic hydroxyl groups is 1. The number of hydrogen-bond donors (Lipinski definition) is 2. The molecule has 1 saturated heterocycles. The summed E-state index contributed by atoms with van der Waals surface area (Å²) >= 11 is 0. The van der Waals surface area contributed by atoms with Gasteiger partial charge in [-0.05, 0) is 32.6 Å². The number of aliphatic hydroxyl groups excluding tert-OH is 1. The first-order valence-corrected chi connectivity index (χ1v) is 5.73. The van der Waals surface area contributed by atoms with Crippen molar-refractivity contribution in [1.82, 2.24) is 5.32 Å². The van der Waals surface area contributed by atoms with Gasteiger partial charge in [-0.2, -0.15) is 0 Å². The molecule has 1 aliphatic heterocycles. The van der Waals surface area contributed by atoms with Crippen molar-refractivity contribution in [3.8, 4) is 0 Å². The highest BCUT2D eigenvalue weighted by Crippen LogP contribution is 2.13. The molecule has 0 saturated carbocycles. The SMILES string of the molecule is CC(CCCO)NC(=O)C1CCCOC1. The standard InChI is InChI=1S/C11H21NO3/c1-9(4-2-6-13)12-11(14)10-5-3-7-15-8-10/h9-10,13H,2-8H2,1H3,(H,12,14). The highest BCUT2D eigenvalue weighted by atomic mass is 16.5. The van der Waals surface area contributed by atoms with E-state index in [1.165, 1.54) is 0 Å². The third-order valence-corrected chi connectivity index (χ3v) is 2.71. The topological polar surface area (TPSA) is 58.6 Å². The van der Waals surface area contributed by atoms with Crippen LogP contribution in [0.25, 0.3) is 0 Å². The Kier molecular flexibility index (Phi) is 5.65. The Balaban J connectivity index is 2.21. The van der Waals surface area contributed by atoms with Crippen molar-refractivity contribution >= 4 is 5.91 Å². The summed E-state index contributed by atoms with van der Waals surface area (Å²) in [6.07, 6.45) is 3.47. The summed E-state index contributed by atoms with van der Waals surface area (Å²) in [5.41, 5.74) is 0. The average molecular weight is 215 g/mol. The highest BCUT2D eigenvalue weighted by molar-refractivity contribution is 5.79. The second-order valence-corrected chi connectivity index (χ2v) is 4.19. The monoisotopic (exact) mass is 215 g/mol. The van der Waals surface area contributed by atoms with Crippen molar-refractivity contribution < 1.29 is 14.6 Å². The van der Waals surface area contributed by atoms with Gasteiger partial charge in [0.15, 0.2) is 0 Å². The number of amides is 1. The largest absolute Gasteiger partial charge is 0.396 e. The molecule has 0 aromatic rings. The maximum Gasteiger partial charge on any atom is 0.225 e. The van der Waals surface area contributed by atoms with Gasteiger partial charge in [0, 0.05) is 19.3 Å². The summed E-state index contributed by atoms with van der Waals surface area (Å²) < 4.78 is 5.27. The van der Waals surface area contributed by atoms with Crippen molar-refractivity contribution in [2.24, 2.45) is 5.92 Å². The minimum Gasteiger partial charge on any atom is -0.396 e. The highest BCUT2D eigenvalue weighted by Gasteiger charge is 2.22. The van der Waals surface area contributed by atoms with Crippen LogP contribution in [0.1, 0.15) is 32.6 Å². The van der Waals surface area contributed by atoms with Crippen LogP contribution in [0.4, 0.5) is 0 Å². The third kappa shape index (κ3) is 4.62. The lowest BCUT2D eigenvalue weighted by Crippen LogP contribution is -2.40. The molecule has 2 N–H and O–H groups in total. The fraction of sp³-hybridized carbons (Fsp3) is 0.909. The maximum atomic E-state index is 11.7. The van der Waals surface area contributed by atoms with Gasteiger partial charge in [0.2, 0.25) is 5.91 Å². The number of ether oxygens (including phenoxy) is 1. The van der Waals surface area contributed by atoms with Gasteiger partial charge in [-0.25, -0.2) is 0 Å². The second-order valence-electron chi connectivity index (χ2n) is 4.19. The van der Waals surface area contributed by atoms with E-state index in [0.29, 0.717) is 6.61 Å². The van der Waals surface area contributed by atoms with Crippen LogP contribution in [0, 0.1) is 5.92 Å². The Morgan fingerprint density at radius 2 is 2.47 bits per heavy atom. The van der Waals surface area contributed by atoms with Gasteiger partial charge in [-0.1, -0.05) is 0 Å². The molecule has 1 amide bonds. The first-order chi connectivity index (χ1) is 7.24. The van der Waals surface area contributed by atoms with Crippen molar-refractivity contribution in [2.45, 2.75) is 38.6 Å². The van der Waals surface area contributed by atoms with E-state index in [1.54, 1.807) is 0 Å². The fourth-order valence-electron chi connectivity index (χ4n) is 1.78. The molecule has 4 nitrogen and oxygen atoms in total. The van der Waals surface area contributed by atoms with Gasteiger partial charge in [0.25, 0.3) is 0 Å². The van der Waals surface area contributed by atoms with Crippen LogP contribution in [0.3, 0.4) is 0 Å². The molecule has 0 spiro atoms. The molecule has 1 aliphatic rings. The lowest BCUT2D eigenvalue weighted by atomic mass is 10.0. The van der Waals surface area contributed by atoms with Gasteiger partial charge in [0.1, 0.15) is 0 Å². The molecule has 0 aromatic carbocycles. The summed E-state index contributed by atoms with van der Waals surface area (Å²) in [5, 5.41) is 11.6. The molecule has 1 heterocycles. The van der Waals surface area contributed by atoms with E-state index in [4.69, 9.17) is 9.84 Å². The number of hydrogen-bond acceptors (Lipinski definition) is 3. The first-order valence-electron chi connectivity index (χ1n) is 5.73. The predicted octanol–water partition coefficient (Wildman–Crippen LogP) is 0.690. The number of rotatable bonds is 5. The summed E-state index contributed by atoms with van der Waals surface area (Å²) in [6, 6.07) is 0.145. The van der Waals surface area contributed by atoms with E-state index >= 15 is 0 Å². The molecule has 2 atom stereocenters.